The predicted octanol–water partition coefficient (Wildman–Crippen LogP) is 2.94. The second-order valence-corrected chi connectivity index (χ2v) is 8.66. The van der Waals surface area contributed by atoms with Gasteiger partial charge in [-0.25, -0.2) is 0 Å². The molecule has 0 bridgehead atoms. The van der Waals surface area contributed by atoms with Crippen LogP contribution in [-0.2, 0) is 0 Å². The standard InChI is InChI=1S/C24H25N5O3/c1-17-26-27-21(32-17)20-15-29(22(30)18-6-3-2-4-7-18)16-24(20)9-12-28(13-10-24)23(31)19-8-5-11-25-14-19/h2-8,11,14,20H,9-10,12-13,15-16H2,1H3. The first-order valence-electron chi connectivity index (χ1n) is 10.9. The highest BCUT2D eigenvalue weighted by Crippen LogP contribution is 2.49. The Morgan fingerprint density at radius 1 is 0.969 bits per heavy atom. The van der Waals surface area contributed by atoms with Crippen molar-refractivity contribution in [3.63, 3.8) is 0 Å². The summed E-state index contributed by atoms with van der Waals surface area (Å²) in [7, 11) is 0. The van der Waals surface area contributed by atoms with Crippen molar-refractivity contribution in [2.75, 3.05) is 26.2 Å². The summed E-state index contributed by atoms with van der Waals surface area (Å²) in [5.41, 5.74) is 1.07. The summed E-state index contributed by atoms with van der Waals surface area (Å²) in [4.78, 5) is 33.9. The highest BCUT2D eigenvalue weighted by atomic mass is 16.4. The zero-order valence-corrected chi connectivity index (χ0v) is 18.0. The minimum absolute atomic E-state index is 0.00616. The number of aryl methyl sites for hydroxylation is 1. The fourth-order valence-electron chi connectivity index (χ4n) is 5.01. The number of hydrogen-bond donors (Lipinski definition) is 0. The van der Waals surface area contributed by atoms with Crippen LogP contribution < -0.4 is 0 Å². The highest BCUT2D eigenvalue weighted by Gasteiger charge is 2.52. The SMILES string of the molecule is Cc1nnc(C2CN(C(=O)c3ccccc3)CC23CCN(C(=O)c2cccnc2)CC3)o1. The van der Waals surface area contributed by atoms with Crippen molar-refractivity contribution >= 4 is 11.8 Å². The van der Waals surface area contributed by atoms with Crippen LogP contribution in [0.15, 0.2) is 59.3 Å². The van der Waals surface area contributed by atoms with Crippen molar-refractivity contribution in [2.24, 2.45) is 5.41 Å². The molecular weight excluding hydrogens is 406 g/mol. The van der Waals surface area contributed by atoms with E-state index in [2.05, 4.69) is 15.2 Å². The fraction of sp³-hybridized carbons (Fsp3) is 0.375. The molecule has 4 heterocycles. The maximum absolute atomic E-state index is 13.2. The quantitative estimate of drug-likeness (QED) is 0.633. The Morgan fingerprint density at radius 2 is 1.69 bits per heavy atom. The van der Waals surface area contributed by atoms with Gasteiger partial charge in [0.05, 0.1) is 11.5 Å². The average molecular weight is 431 g/mol. The Hall–Kier alpha value is -3.55. The second kappa shape index (κ2) is 8.18. The van der Waals surface area contributed by atoms with Gasteiger partial charge in [0, 0.05) is 56.5 Å². The molecule has 2 saturated heterocycles. The molecular formula is C24H25N5O3. The van der Waals surface area contributed by atoms with Crippen molar-refractivity contribution < 1.29 is 14.0 Å². The number of aromatic nitrogens is 3. The lowest BCUT2D eigenvalue weighted by molar-refractivity contribution is 0.0529. The molecule has 2 aliphatic heterocycles. The summed E-state index contributed by atoms with van der Waals surface area (Å²) in [5.74, 6) is 1.06. The smallest absolute Gasteiger partial charge is 0.255 e. The number of piperidine rings is 1. The van der Waals surface area contributed by atoms with E-state index in [0.717, 1.165) is 12.8 Å². The summed E-state index contributed by atoms with van der Waals surface area (Å²) in [6, 6.07) is 12.9. The van der Waals surface area contributed by atoms with Gasteiger partial charge in [0.25, 0.3) is 11.8 Å². The zero-order chi connectivity index (χ0) is 22.1. The van der Waals surface area contributed by atoms with Crippen LogP contribution in [0.25, 0.3) is 0 Å². The molecule has 1 unspecified atom stereocenters. The summed E-state index contributed by atoms with van der Waals surface area (Å²) in [6.45, 7) is 4.16. The van der Waals surface area contributed by atoms with Gasteiger partial charge in [0.2, 0.25) is 11.8 Å². The van der Waals surface area contributed by atoms with Gasteiger partial charge in [-0.1, -0.05) is 18.2 Å². The maximum atomic E-state index is 13.2. The van der Waals surface area contributed by atoms with Gasteiger partial charge in [-0.3, -0.25) is 14.6 Å². The number of benzene rings is 1. The van der Waals surface area contributed by atoms with E-state index in [1.165, 1.54) is 0 Å². The van der Waals surface area contributed by atoms with Crippen LogP contribution in [0.2, 0.25) is 0 Å². The first-order valence-corrected chi connectivity index (χ1v) is 10.9. The van der Waals surface area contributed by atoms with Crippen LogP contribution in [0.1, 0.15) is 51.3 Å². The van der Waals surface area contributed by atoms with E-state index >= 15 is 0 Å². The van der Waals surface area contributed by atoms with E-state index in [-0.39, 0.29) is 23.1 Å². The van der Waals surface area contributed by atoms with Gasteiger partial charge in [0.15, 0.2) is 0 Å². The van der Waals surface area contributed by atoms with Crippen LogP contribution in [0, 0.1) is 12.3 Å². The number of rotatable bonds is 3. The molecule has 0 aliphatic carbocycles. The topological polar surface area (TPSA) is 92.4 Å². The molecule has 2 aliphatic rings. The van der Waals surface area contributed by atoms with Crippen LogP contribution in [0.4, 0.5) is 0 Å². The van der Waals surface area contributed by atoms with Gasteiger partial charge in [-0.15, -0.1) is 10.2 Å². The lowest BCUT2D eigenvalue weighted by atomic mass is 9.70. The van der Waals surface area contributed by atoms with E-state index in [0.29, 0.717) is 49.1 Å². The molecule has 1 aromatic carbocycles. The van der Waals surface area contributed by atoms with Gasteiger partial charge < -0.3 is 14.2 Å². The van der Waals surface area contributed by atoms with Crippen LogP contribution >= 0.6 is 0 Å². The number of amides is 2. The van der Waals surface area contributed by atoms with Crippen molar-refractivity contribution in [2.45, 2.75) is 25.7 Å². The van der Waals surface area contributed by atoms with Gasteiger partial charge in [0.1, 0.15) is 0 Å². The van der Waals surface area contributed by atoms with Gasteiger partial charge in [-0.05, 0) is 37.1 Å². The third-order valence-electron chi connectivity index (χ3n) is 6.75. The summed E-state index contributed by atoms with van der Waals surface area (Å²) in [6.07, 6.45) is 4.80. The Morgan fingerprint density at radius 3 is 2.34 bits per heavy atom. The van der Waals surface area contributed by atoms with Gasteiger partial charge >= 0.3 is 0 Å². The van der Waals surface area contributed by atoms with Crippen molar-refractivity contribution in [3.8, 4) is 0 Å². The average Bonchev–Trinajstić information content (AvgIpc) is 3.43. The molecule has 2 aromatic heterocycles. The molecule has 164 valence electrons. The van der Waals surface area contributed by atoms with E-state index in [4.69, 9.17) is 4.42 Å². The largest absolute Gasteiger partial charge is 0.425 e. The molecule has 1 atom stereocenters. The lowest BCUT2D eigenvalue weighted by Crippen LogP contribution is -2.46. The maximum Gasteiger partial charge on any atom is 0.255 e. The number of carbonyl (C=O) groups excluding carboxylic acids is 2. The second-order valence-electron chi connectivity index (χ2n) is 8.66. The zero-order valence-electron chi connectivity index (χ0n) is 18.0. The molecule has 3 aromatic rings. The monoisotopic (exact) mass is 431 g/mol. The third-order valence-corrected chi connectivity index (χ3v) is 6.75. The number of carbonyl (C=O) groups is 2. The minimum Gasteiger partial charge on any atom is -0.425 e. The Kier molecular flexibility index (Phi) is 5.20. The molecule has 5 rings (SSSR count). The molecule has 8 nitrogen and oxygen atoms in total. The van der Waals surface area contributed by atoms with Crippen molar-refractivity contribution in [1.82, 2.24) is 25.0 Å². The van der Waals surface area contributed by atoms with Gasteiger partial charge in [-0.2, -0.15) is 0 Å². The molecule has 2 fully saturated rings. The Bertz CT molecular complexity index is 1110. The molecule has 1 spiro atoms. The summed E-state index contributed by atoms with van der Waals surface area (Å²) in [5, 5.41) is 8.33. The number of pyridine rings is 1. The van der Waals surface area contributed by atoms with Crippen LogP contribution in [-0.4, -0.2) is 63.0 Å². The molecule has 0 radical (unpaired) electrons. The first kappa shape index (κ1) is 20.4. The van der Waals surface area contributed by atoms with Crippen LogP contribution in [0.5, 0.6) is 0 Å². The number of nitrogens with zero attached hydrogens (tertiary/aromatic N) is 5. The molecule has 8 heteroatoms. The molecule has 0 saturated carbocycles. The van der Waals surface area contributed by atoms with E-state index in [1.54, 1.807) is 31.5 Å². The third kappa shape index (κ3) is 3.66. The molecule has 0 N–H and O–H groups in total. The fourth-order valence-corrected chi connectivity index (χ4v) is 5.01. The lowest BCUT2D eigenvalue weighted by Gasteiger charge is -2.41. The predicted molar refractivity (Wildman–Crippen MR) is 116 cm³/mol. The van der Waals surface area contributed by atoms with Crippen LogP contribution in [0.3, 0.4) is 0 Å². The minimum atomic E-state index is -0.199. The van der Waals surface area contributed by atoms with Crippen molar-refractivity contribution in [1.29, 1.82) is 0 Å². The summed E-state index contributed by atoms with van der Waals surface area (Å²) < 4.78 is 5.82. The first-order chi connectivity index (χ1) is 15.6. The number of hydrogen-bond acceptors (Lipinski definition) is 6. The van der Waals surface area contributed by atoms with E-state index in [9.17, 15) is 9.59 Å². The summed E-state index contributed by atoms with van der Waals surface area (Å²) >= 11 is 0. The molecule has 32 heavy (non-hydrogen) atoms. The molecule has 2 amide bonds. The normalized spacial score (nSPS) is 20.0. The Labute approximate surface area is 186 Å². The number of likely N-dealkylation sites (tertiary alicyclic amines) is 2. The van der Waals surface area contributed by atoms with E-state index < -0.39 is 0 Å². The Balaban J connectivity index is 1.38. The highest BCUT2D eigenvalue weighted by molar-refractivity contribution is 5.95. The van der Waals surface area contributed by atoms with Crippen molar-refractivity contribution in [3.05, 3.63) is 77.8 Å². The van der Waals surface area contributed by atoms with E-state index in [1.807, 2.05) is 40.1 Å².